The van der Waals surface area contributed by atoms with Gasteiger partial charge in [0.25, 0.3) is 5.56 Å². The van der Waals surface area contributed by atoms with E-state index in [1.165, 1.54) is 20.9 Å². The normalized spacial score (nSPS) is 11.9. The van der Waals surface area contributed by atoms with Crippen LogP contribution in [0.5, 0.6) is 0 Å². The highest BCUT2D eigenvalue weighted by atomic mass is 32.1. The Morgan fingerprint density at radius 2 is 1.70 bits per heavy atom. The molecule has 5 rings (SSSR count). The van der Waals surface area contributed by atoms with Gasteiger partial charge in [-0.1, -0.05) is 48.5 Å². The summed E-state index contributed by atoms with van der Waals surface area (Å²) in [4.78, 5) is 15.6. The van der Waals surface area contributed by atoms with Gasteiger partial charge < -0.3 is 4.98 Å². The molecule has 23 heavy (non-hydrogen) atoms. The van der Waals surface area contributed by atoms with Crippen LogP contribution in [-0.2, 0) is 0 Å². The number of H-pyrrole nitrogens is 1. The number of fused-ring (bicyclic) bond motifs is 7. The minimum atomic E-state index is 0.00313. The van der Waals surface area contributed by atoms with Crippen LogP contribution >= 0.6 is 11.3 Å². The lowest BCUT2D eigenvalue weighted by Crippen LogP contribution is -2.04. The Labute approximate surface area is 136 Å². The highest BCUT2D eigenvalue weighted by Crippen LogP contribution is 2.39. The zero-order valence-electron chi connectivity index (χ0n) is 12.5. The Morgan fingerprint density at radius 3 is 2.61 bits per heavy atom. The molecular weight excluding hydrogens is 302 g/mol. The number of thiophene rings is 1. The average Bonchev–Trinajstić information content (AvgIpc) is 2.95. The second-order valence-electron chi connectivity index (χ2n) is 5.97. The van der Waals surface area contributed by atoms with Gasteiger partial charge in [0.05, 0.1) is 0 Å². The van der Waals surface area contributed by atoms with Crippen molar-refractivity contribution in [1.29, 1.82) is 0 Å². The second-order valence-corrected chi connectivity index (χ2v) is 6.99. The Hall–Kier alpha value is -2.65. The highest BCUT2D eigenvalue weighted by molar-refractivity contribution is 7.26. The molecule has 2 heterocycles. The van der Waals surface area contributed by atoms with Crippen LogP contribution < -0.4 is 5.56 Å². The largest absolute Gasteiger partial charge is 0.321 e. The van der Waals surface area contributed by atoms with Gasteiger partial charge in [0, 0.05) is 26.4 Å². The number of aromatic nitrogens is 1. The van der Waals surface area contributed by atoms with Gasteiger partial charge in [0.1, 0.15) is 4.70 Å². The lowest BCUT2D eigenvalue weighted by atomic mass is 10.0. The van der Waals surface area contributed by atoms with Gasteiger partial charge in [-0.3, -0.25) is 4.79 Å². The Morgan fingerprint density at radius 1 is 0.870 bits per heavy atom. The smallest absolute Gasteiger partial charge is 0.266 e. The molecule has 3 heteroatoms. The van der Waals surface area contributed by atoms with E-state index in [1.54, 1.807) is 11.3 Å². The van der Waals surface area contributed by atoms with Crippen LogP contribution in [0.1, 0.15) is 5.56 Å². The summed E-state index contributed by atoms with van der Waals surface area (Å²) in [5, 5.41) is 5.79. The summed E-state index contributed by atoms with van der Waals surface area (Å²) < 4.78 is 2.00. The number of pyridine rings is 1. The number of rotatable bonds is 0. The van der Waals surface area contributed by atoms with Crippen LogP contribution in [0, 0.1) is 6.92 Å². The molecule has 5 aromatic rings. The molecule has 1 N–H and O–H groups in total. The van der Waals surface area contributed by atoms with Gasteiger partial charge in [-0.25, -0.2) is 0 Å². The lowest BCUT2D eigenvalue weighted by Gasteiger charge is -2.02. The van der Waals surface area contributed by atoms with Crippen molar-refractivity contribution in [3.63, 3.8) is 0 Å². The van der Waals surface area contributed by atoms with Crippen LogP contribution in [0.15, 0.2) is 59.4 Å². The van der Waals surface area contributed by atoms with Crippen molar-refractivity contribution in [2.24, 2.45) is 0 Å². The third-order valence-corrected chi connectivity index (χ3v) is 5.72. The van der Waals surface area contributed by atoms with Crippen LogP contribution in [0.25, 0.3) is 41.8 Å². The fourth-order valence-electron chi connectivity index (χ4n) is 3.41. The van der Waals surface area contributed by atoms with E-state index in [9.17, 15) is 4.79 Å². The van der Waals surface area contributed by atoms with Crippen molar-refractivity contribution >= 4 is 53.2 Å². The van der Waals surface area contributed by atoms with Gasteiger partial charge >= 0.3 is 0 Å². The zero-order chi connectivity index (χ0) is 15.6. The number of nitrogens with one attached hydrogen (secondary N) is 1. The van der Waals surface area contributed by atoms with Crippen LogP contribution in [0.3, 0.4) is 0 Å². The van der Waals surface area contributed by atoms with Crippen LogP contribution in [0.2, 0.25) is 0 Å². The molecule has 0 fully saturated rings. The molecule has 2 aromatic heterocycles. The monoisotopic (exact) mass is 315 g/mol. The van der Waals surface area contributed by atoms with E-state index in [-0.39, 0.29) is 5.56 Å². The standard InChI is InChI=1S/C20H13NOS/c1-11-6-8-14-16(10-11)21-20(22)19-17(14)15-9-7-12-4-2-3-5-13(12)18(15)23-19/h2-10H,1H3,(H,21,22). The summed E-state index contributed by atoms with van der Waals surface area (Å²) >= 11 is 1.59. The van der Waals surface area contributed by atoms with Crippen molar-refractivity contribution in [3.05, 3.63) is 70.5 Å². The fourth-order valence-corrected chi connectivity index (χ4v) is 4.66. The van der Waals surface area contributed by atoms with Crippen molar-refractivity contribution in [2.45, 2.75) is 6.92 Å². The molecular formula is C20H13NOS. The highest BCUT2D eigenvalue weighted by Gasteiger charge is 2.14. The van der Waals surface area contributed by atoms with Crippen molar-refractivity contribution in [3.8, 4) is 0 Å². The molecule has 0 spiro atoms. The molecule has 0 amide bonds. The first-order chi connectivity index (χ1) is 11.2. The van der Waals surface area contributed by atoms with E-state index in [1.807, 2.05) is 19.1 Å². The number of benzene rings is 3. The van der Waals surface area contributed by atoms with Crippen molar-refractivity contribution in [2.75, 3.05) is 0 Å². The maximum Gasteiger partial charge on any atom is 0.266 e. The van der Waals surface area contributed by atoms with Crippen LogP contribution in [-0.4, -0.2) is 4.98 Å². The molecule has 0 unspecified atom stereocenters. The summed E-state index contributed by atoms with van der Waals surface area (Å²) in [6.45, 7) is 2.04. The van der Waals surface area contributed by atoms with Crippen molar-refractivity contribution < 1.29 is 0 Å². The Balaban J connectivity index is 2.13. The third-order valence-electron chi connectivity index (χ3n) is 4.48. The first kappa shape index (κ1) is 12.9. The number of hydrogen-bond donors (Lipinski definition) is 1. The molecule has 0 saturated heterocycles. The van der Waals surface area contributed by atoms with E-state index in [2.05, 4.69) is 47.4 Å². The molecule has 110 valence electrons. The molecule has 0 atom stereocenters. The van der Waals surface area contributed by atoms with E-state index >= 15 is 0 Å². The summed E-state index contributed by atoms with van der Waals surface area (Å²) in [5.74, 6) is 0. The fraction of sp³-hybridized carbons (Fsp3) is 0.0500. The lowest BCUT2D eigenvalue weighted by molar-refractivity contribution is 1.34. The molecule has 0 aliphatic rings. The van der Waals surface area contributed by atoms with Gasteiger partial charge in [-0.2, -0.15) is 0 Å². The minimum Gasteiger partial charge on any atom is -0.321 e. The zero-order valence-corrected chi connectivity index (χ0v) is 13.3. The molecule has 0 bridgehead atoms. The summed E-state index contributed by atoms with van der Waals surface area (Å²) in [7, 11) is 0. The van der Waals surface area contributed by atoms with Crippen LogP contribution in [0.4, 0.5) is 0 Å². The van der Waals surface area contributed by atoms with Crippen molar-refractivity contribution in [1.82, 2.24) is 4.98 Å². The molecule has 3 aromatic carbocycles. The second kappa shape index (κ2) is 4.43. The van der Waals surface area contributed by atoms with Gasteiger partial charge in [0.15, 0.2) is 0 Å². The van der Waals surface area contributed by atoms with E-state index in [0.717, 1.165) is 26.6 Å². The molecule has 0 aliphatic carbocycles. The number of aromatic amines is 1. The maximum atomic E-state index is 12.6. The predicted octanol–water partition coefficient (Wildman–Crippen LogP) is 5.36. The molecule has 0 aliphatic heterocycles. The first-order valence-electron chi connectivity index (χ1n) is 7.59. The van der Waals surface area contributed by atoms with E-state index < -0.39 is 0 Å². The quantitative estimate of drug-likeness (QED) is 0.410. The van der Waals surface area contributed by atoms with Gasteiger partial charge in [0.2, 0.25) is 0 Å². The SMILES string of the molecule is Cc1ccc2c(c1)[nH]c(=O)c1sc3c4ccccc4ccc3c12. The minimum absolute atomic E-state index is 0.00313. The summed E-state index contributed by atoms with van der Waals surface area (Å²) in [6.07, 6.45) is 0. The first-order valence-corrected chi connectivity index (χ1v) is 8.40. The number of aryl methyl sites for hydroxylation is 1. The van der Waals surface area contributed by atoms with Gasteiger partial charge in [-0.15, -0.1) is 11.3 Å². The predicted molar refractivity (Wildman–Crippen MR) is 99.7 cm³/mol. The maximum absolute atomic E-state index is 12.6. The molecule has 0 radical (unpaired) electrons. The Bertz CT molecular complexity index is 1290. The average molecular weight is 315 g/mol. The van der Waals surface area contributed by atoms with E-state index in [4.69, 9.17) is 0 Å². The molecule has 0 saturated carbocycles. The topological polar surface area (TPSA) is 32.9 Å². The number of hydrogen-bond acceptors (Lipinski definition) is 2. The molecule has 2 nitrogen and oxygen atoms in total. The van der Waals surface area contributed by atoms with Gasteiger partial charge in [-0.05, 0) is 29.3 Å². The van der Waals surface area contributed by atoms with E-state index in [0.29, 0.717) is 0 Å². The Kier molecular flexibility index (Phi) is 2.48. The summed E-state index contributed by atoms with van der Waals surface area (Å²) in [6, 6.07) is 18.9. The summed E-state index contributed by atoms with van der Waals surface area (Å²) in [5.41, 5.74) is 2.07. The third kappa shape index (κ3) is 1.71.